The van der Waals surface area contributed by atoms with Crippen LogP contribution in [0.1, 0.15) is 49.7 Å². The van der Waals surface area contributed by atoms with Crippen molar-refractivity contribution < 1.29 is 14.6 Å². The summed E-state index contributed by atoms with van der Waals surface area (Å²) in [5.41, 5.74) is 1.88. The number of benzene rings is 2. The molecule has 4 saturated carbocycles. The molecule has 4 aliphatic rings. The molecule has 29 heavy (non-hydrogen) atoms. The van der Waals surface area contributed by atoms with E-state index in [1.807, 2.05) is 30.3 Å². The van der Waals surface area contributed by atoms with Gasteiger partial charge in [0.15, 0.2) is 11.5 Å². The van der Waals surface area contributed by atoms with Gasteiger partial charge in [0.1, 0.15) is 6.61 Å². The molecule has 4 aliphatic carbocycles. The summed E-state index contributed by atoms with van der Waals surface area (Å²) in [4.78, 5) is 0. The van der Waals surface area contributed by atoms with Crippen molar-refractivity contribution in [2.24, 2.45) is 11.8 Å². The van der Waals surface area contributed by atoms with E-state index in [4.69, 9.17) is 9.47 Å². The van der Waals surface area contributed by atoms with Gasteiger partial charge in [0.25, 0.3) is 0 Å². The van der Waals surface area contributed by atoms with Crippen molar-refractivity contribution in [3.63, 3.8) is 0 Å². The van der Waals surface area contributed by atoms with E-state index in [1.165, 1.54) is 19.3 Å². The number of ether oxygens (including phenoxy) is 2. The van der Waals surface area contributed by atoms with Crippen LogP contribution in [0.3, 0.4) is 0 Å². The van der Waals surface area contributed by atoms with E-state index in [1.54, 1.807) is 7.11 Å². The van der Waals surface area contributed by atoms with Gasteiger partial charge in [-0.2, -0.15) is 0 Å². The molecule has 154 valence electrons. The third-order valence-electron chi connectivity index (χ3n) is 7.19. The van der Waals surface area contributed by atoms with Gasteiger partial charge in [-0.15, -0.1) is 0 Å². The summed E-state index contributed by atoms with van der Waals surface area (Å²) in [7, 11) is 1.69. The summed E-state index contributed by atoms with van der Waals surface area (Å²) >= 11 is 0. The molecular weight excluding hydrogens is 362 g/mol. The highest BCUT2D eigenvalue weighted by Crippen LogP contribution is 2.57. The van der Waals surface area contributed by atoms with Crippen LogP contribution < -0.4 is 14.8 Å². The van der Waals surface area contributed by atoms with Gasteiger partial charge in [0.2, 0.25) is 0 Å². The van der Waals surface area contributed by atoms with E-state index >= 15 is 0 Å². The maximum Gasteiger partial charge on any atom is 0.166 e. The molecule has 4 nitrogen and oxygen atoms in total. The maximum atomic E-state index is 11.0. The molecule has 2 aromatic rings. The molecule has 0 aliphatic heterocycles. The topological polar surface area (TPSA) is 50.7 Å². The van der Waals surface area contributed by atoms with Crippen LogP contribution in [0.15, 0.2) is 48.5 Å². The highest BCUT2D eigenvalue weighted by Gasteiger charge is 2.56. The van der Waals surface area contributed by atoms with Gasteiger partial charge in [-0.3, -0.25) is 0 Å². The molecule has 2 unspecified atom stereocenters. The fourth-order valence-corrected chi connectivity index (χ4v) is 6.46. The first-order valence-electron chi connectivity index (χ1n) is 10.9. The standard InChI is InChI=1S/C25H31NO3/c1-28-22-9-5-8-21(23(22)29-16-18-6-3-2-4-7-18)15-26-24-11-19-10-20(12-24)14-25(27,13-19)17-24/h2-9,19-20,26-27H,10-17H2,1H3/t19-,20+,24?,25?. The molecule has 0 saturated heterocycles. The lowest BCUT2D eigenvalue weighted by Crippen LogP contribution is -2.64. The van der Waals surface area contributed by atoms with Crippen LogP contribution in [0.5, 0.6) is 11.5 Å². The summed E-state index contributed by atoms with van der Waals surface area (Å²) in [6, 6.07) is 16.3. The predicted molar refractivity (Wildman–Crippen MR) is 113 cm³/mol. The number of hydrogen-bond acceptors (Lipinski definition) is 4. The molecule has 4 atom stereocenters. The van der Waals surface area contributed by atoms with Crippen LogP contribution in [-0.4, -0.2) is 23.4 Å². The zero-order valence-corrected chi connectivity index (χ0v) is 17.2. The van der Waals surface area contributed by atoms with Crippen molar-refractivity contribution >= 4 is 0 Å². The number of methoxy groups -OCH3 is 1. The molecule has 2 aromatic carbocycles. The molecular formula is C25H31NO3. The van der Waals surface area contributed by atoms with Crippen LogP contribution in [0.2, 0.25) is 0 Å². The average molecular weight is 394 g/mol. The second-order valence-corrected chi connectivity index (χ2v) is 9.54. The Labute approximate surface area is 173 Å². The molecule has 0 amide bonds. The van der Waals surface area contributed by atoms with E-state index in [0.717, 1.165) is 48.4 Å². The summed E-state index contributed by atoms with van der Waals surface area (Å²) < 4.78 is 11.8. The normalized spacial score (nSPS) is 32.3. The third-order valence-corrected chi connectivity index (χ3v) is 7.19. The van der Waals surface area contributed by atoms with Crippen molar-refractivity contribution in [2.75, 3.05) is 7.11 Å². The fraction of sp³-hybridized carbons (Fsp3) is 0.520. The Morgan fingerprint density at radius 2 is 1.76 bits per heavy atom. The largest absolute Gasteiger partial charge is 0.493 e. The van der Waals surface area contributed by atoms with Crippen LogP contribution in [0.4, 0.5) is 0 Å². The summed E-state index contributed by atoms with van der Waals surface area (Å²) in [5.74, 6) is 2.93. The highest BCUT2D eigenvalue weighted by atomic mass is 16.5. The van der Waals surface area contributed by atoms with Crippen molar-refractivity contribution in [3.05, 3.63) is 59.7 Å². The molecule has 2 N–H and O–H groups in total. The van der Waals surface area contributed by atoms with E-state index < -0.39 is 5.60 Å². The van der Waals surface area contributed by atoms with Crippen LogP contribution in [0.25, 0.3) is 0 Å². The molecule has 4 heteroatoms. The van der Waals surface area contributed by atoms with Crippen LogP contribution >= 0.6 is 0 Å². The summed E-state index contributed by atoms with van der Waals surface area (Å²) in [6.45, 7) is 1.25. The molecule has 0 aromatic heterocycles. The third kappa shape index (κ3) is 3.76. The van der Waals surface area contributed by atoms with Crippen molar-refractivity contribution in [1.82, 2.24) is 5.32 Å². The number of aliphatic hydroxyl groups is 1. The first kappa shape index (κ1) is 19.0. The quantitative estimate of drug-likeness (QED) is 0.730. The van der Waals surface area contributed by atoms with Gasteiger partial charge in [-0.05, 0) is 62.0 Å². The monoisotopic (exact) mass is 393 g/mol. The van der Waals surface area contributed by atoms with Crippen molar-refractivity contribution in [3.8, 4) is 11.5 Å². The molecule has 4 bridgehead atoms. The van der Waals surface area contributed by atoms with Gasteiger partial charge in [-0.1, -0.05) is 42.5 Å². The van der Waals surface area contributed by atoms with Crippen molar-refractivity contribution in [1.29, 1.82) is 0 Å². The second kappa shape index (κ2) is 7.33. The van der Waals surface area contributed by atoms with Crippen LogP contribution in [0, 0.1) is 11.8 Å². The number of para-hydroxylation sites is 1. The minimum absolute atomic E-state index is 0.0681. The van der Waals surface area contributed by atoms with Crippen molar-refractivity contribution in [2.45, 2.75) is 62.8 Å². The van der Waals surface area contributed by atoms with E-state index in [-0.39, 0.29) is 5.54 Å². The summed E-state index contributed by atoms with van der Waals surface area (Å²) in [6.07, 6.45) is 6.56. The predicted octanol–water partition coefficient (Wildman–Crippen LogP) is 4.45. The molecule has 4 fully saturated rings. The minimum Gasteiger partial charge on any atom is -0.493 e. The first-order valence-corrected chi connectivity index (χ1v) is 10.9. The average Bonchev–Trinajstić information content (AvgIpc) is 2.70. The Morgan fingerprint density at radius 1 is 1.00 bits per heavy atom. The SMILES string of the molecule is COc1cccc(CNC23C[C@@H]4C[C@@H](CC(O)(C4)C2)C3)c1OCc1ccccc1. The van der Waals surface area contributed by atoms with Gasteiger partial charge in [0.05, 0.1) is 12.7 Å². The maximum absolute atomic E-state index is 11.0. The number of rotatable bonds is 7. The van der Waals surface area contributed by atoms with Gasteiger partial charge >= 0.3 is 0 Å². The Morgan fingerprint density at radius 3 is 2.45 bits per heavy atom. The van der Waals surface area contributed by atoms with Gasteiger partial charge in [0, 0.05) is 17.6 Å². The zero-order chi connectivity index (χ0) is 19.9. The van der Waals surface area contributed by atoms with Gasteiger partial charge < -0.3 is 19.9 Å². The number of hydrogen-bond donors (Lipinski definition) is 2. The lowest BCUT2D eigenvalue weighted by atomic mass is 9.51. The Hall–Kier alpha value is -2.04. The first-order chi connectivity index (χ1) is 14.1. The molecule has 0 radical (unpaired) electrons. The van der Waals surface area contributed by atoms with E-state index in [2.05, 4.69) is 23.5 Å². The highest BCUT2D eigenvalue weighted by molar-refractivity contribution is 5.47. The molecule has 0 spiro atoms. The summed E-state index contributed by atoms with van der Waals surface area (Å²) in [5, 5.41) is 14.9. The van der Waals surface area contributed by atoms with E-state index in [9.17, 15) is 5.11 Å². The smallest absolute Gasteiger partial charge is 0.166 e. The second-order valence-electron chi connectivity index (χ2n) is 9.54. The number of nitrogens with one attached hydrogen (secondary N) is 1. The lowest BCUT2D eigenvalue weighted by molar-refractivity contribution is -0.142. The zero-order valence-electron chi connectivity index (χ0n) is 17.2. The Balaban J connectivity index is 1.33. The van der Waals surface area contributed by atoms with E-state index in [0.29, 0.717) is 18.4 Å². The van der Waals surface area contributed by atoms with Crippen LogP contribution in [-0.2, 0) is 13.2 Å². The molecule has 6 rings (SSSR count). The Bertz CT molecular complexity index is 852. The van der Waals surface area contributed by atoms with Gasteiger partial charge in [-0.25, -0.2) is 0 Å². The minimum atomic E-state index is -0.446. The lowest BCUT2D eigenvalue weighted by Gasteiger charge is -2.60. The Kier molecular flexibility index (Phi) is 4.79. The molecule has 0 heterocycles. The fourth-order valence-electron chi connectivity index (χ4n) is 6.46.